The summed E-state index contributed by atoms with van der Waals surface area (Å²) < 4.78 is 13.5. The first-order valence-electron chi connectivity index (χ1n) is 4.93. The summed E-state index contributed by atoms with van der Waals surface area (Å²) in [7, 11) is 1.93. The van der Waals surface area contributed by atoms with Gasteiger partial charge in [-0.1, -0.05) is 12.1 Å². The molecule has 0 spiro atoms. The summed E-state index contributed by atoms with van der Waals surface area (Å²) in [6, 6.07) is 5.29. The highest BCUT2D eigenvalue weighted by atomic mass is 19.1. The molecule has 0 aromatic heterocycles. The average Bonchev–Trinajstić information content (AvgIpc) is 2.46. The Bertz CT molecular complexity index is 338. The molecule has 1 aromatic carbocycles. The number of anilines is 1. The Kier molecular flexibility index (Phi) is 2.42. The Balaban J connectivity index is 2.39. The van der Waals surface area contributed by atoms with E-state index in [4.69, 9.17) is 5.73 Å². The van der Waals surface area contributed by atoms with Crippen molar-refractivity contribution in [2.75, 3.05) is 25.0 Å². The maximum Gasteiger partial charge on any atom is 0.146 e. The van der Waals surface area contributed by atoms with Crippen molar-refractivity contribution in [1.29, 1.82) is 0 Å². The summed E-state index contributed by atoms with van der Waals surface area (Å²) in [4.78, 5) is 1.98. The van der Waals surface area contributed by atoms with Crippen LogP contribution in [0.5, 0.6) is 0 Å². The Labute approximate surface area is 83.5 Å². The zero-order chi connectivity index (χ0) is 10.1. The number of likely N-dealkylation sites (N-methyl/N-ethyl adjacent to an activating group) is 1. The van der Waals surface area contributed by atoms with Crippen LogP contribution in [0.15, 0.2) is 18.2 Å². The molecular formula is C11H15FN2. The van der Waals surface area contributed by atoms with Gasteiger partial charge in [0.25, 0.3) is 0 Å². The fourth-order valence-corrected chi connectivity index (χ4v) is 2.23. The van der Waals surface area contributed by atoms with E-state index in [0.29, 0.717) is 12.5 Å². The number of fused-ring (bicyclic) bond motifs is 1. The van der Waals surface area contributed by atoms with Gasteiger partial charge in [-0.15, -0.1) is 0 Å². The predicted molar refractivity (Wildman–Crippen MR) is 56.1 cm³/mol. The number of benzene rings is 1. The summed E-state index contributed by atoms with van der Waals surface area (Å²) in [5, 5.41) is 0. The molecule has 2 N–H and O–H groups in total. The minimum Gasteiger partial charge on any atom is -0.371 e. The first kappa shape index (κ1) is 9.46. The van der Waals surface area contributed by atoms with E-state index in [2.05, 4.69) is 0 Å². The van der Waals surface area contributed by atoms with Crippen molar-refractivity contribution in [3.8, 4) is 0 Å². The molecule has 1 unspecified atom stereocenters. The molecule has 3 heteroatoms. The largest absolute Gasteiger partial charge is 0.371 e. The summed E-state index contributed by atoms with van der Waals surface area (Å²) in [6.07, 6.45) is 0.931. The topological polar surface area (TPSA) is 29.3 Å². The number of rotatable bonds is 2. The Morgan fingerprint density at radius 2 is 2.36 bits per heavy atom. The minimum atomic E-state index is -0.121. The van der Waals surface area contributed by atoms with Crippen LogP contribution in [-0.2, 0) is 0 Å². The van der Waals surface area contributed by atoms with Gasteiger partial charge in [-0.3, -0.25) is 0 Å². The molecule has 0 bridgehead atoms. The van der Waals surface area contributed by atoms with E-state index in [9.17, 15) is 4.39 Å². The van der Waals surface area contributed by atoms with Crippen LogP contribution in [0.3, 0.4) is 0 Å². The fourth-order valence-electron chi connectivity index (χ4n) is 2.23. The van der Waals surface area contributed by atoms with E-state index < -0.39 is 0 Å². The number of nitrogens with two attached hydrogens (primary N) is 1. The van der Waals surface area contributed by atoms with Gasteiger partial charge in [-0.05, 0) is 24.6 Å². The van der Waals surface area contributed by atoms with E-state index in [1.807, 2.05) is 18.0 Å². The summed E-state index contributed by atoms with van der Waals surface area (Å²) in [6.45, 7) is 1.54. The maximum absolute atomic E-state index is 13.5. The van der Waals surface area contributed by atoms with Crippen LogP contribution in [0.4, 0.5) is 10.1 Å². The van der Waals surface area contributed by atoms with Gasteiger partial charge in [-0.25, -0.2) is 4.39 Å². The van der Waals surface area contributed by atoms with E-state index in [1.54, 1.807) is 6.07 Å². The second-order valence-corrected chi connectivity index (χ2v) is 3.83. The lowest BCUT2D eigenvalue weighted by atomic mass is 9.98. The van der Waals surface area contributed by atoms with Crippen LogP contribution in [0.2, 0.25) is 0 Å². The number of hydrogen-bond acceptors (Lipinski definition) is 2. The highest BCUT2D eigenvalue weighted by Crippen LogP contribution is 2.38. The van der Waals surface area contributed by atoms with E-state index in [-0.39, 0.29) is 5.82 Å². The van der Waals surface area contributed by atoms with Crippen molar-refractivity contribution in [3.63, 3.8) is 0 Å². The van der Waals surface area contributed by atoms with Crippen molar-refractivity contribution in [2.24, 2.45) is 5.73 Å². The van der Waals surface area contributed by atoms with Gasteiger partial charge in [0, 0.05) is 19.5 Å². The van der Waals surface area contributed by atoms with E-state index >= 15 is 0 Å². The maximum atomic E-state index is 13.5. The highest BCUT2D eigenvalue weighted by molar-refractivity contribution is 5.60. The normalized spacial score (nSPS) is 19.9. The SMILES string of the molecule is CN1CC(CCN)c2cccc(F)c21. The van der Waals surface area contributed by atoms with Gasteiger partial charge in [0.2, 0.25) is 0 Å². The molecule has 0 fully saturated rings. The number of halogens is 1. The van der Waals surface area contributed by atoms with Crippen LogP contribution in [0, 0.1) is 5.82 Å². The zero-order valence-electron chi connectivity index (χ0n) is 8.33. The first-order chi connectivity index (χ1) is 6.74. The van der Waals surface area contributed by atoms with Crippen molar-refractivity contribution in [2.45, 2.75) is 12.3 Å². The summed E-state index contributed by atoms with van der Waals surface area (Å²) >= 11 is 0. The van der Waals surface area contributed by atoms with E-state index in [1.165, 1.54) is 6.07 Å². The minimum absolute atomic E-state index is 0.121. The third-order valence-electron chi connectivity index (χ3n) is 2.85. The molecule has 0 radical (unpaired) electrons. The quantitative estimate of drug-likeness (QED) is 0.776. The molecule has 1 heterocycles. The molecule has 0 saturated carbocycles. The van der Waals surface area contributed by atoms with E-state index in [0.717, 1.165) is 24.2 Å². The summed E-state index contributed by atoms with van der Waals surface area (Å²) in [5.41, 5.74) is 7.40. The standard InChI is InChI=1S/C11H15FN2/c1-14-7-8(5-6-13)9-3-2-4-10(12)11(9)14/h2-4,8H,5-7,13H2,1H3. The Morgan fingerprint density at radius 1 is 1.57 bits per heavy atom. The monoisotopic (exact) mass is 194 g/mol. The third-order valence-corrected chi connectivity index (χ3v) is 2.85. The highest BCUT2D eigenvalue weighted by Gasteiger charge is 2.27. The predicted octanol–water partition coefficient (Wildman–Crippen LogP) is 1.71. The molecular weight excluding hydrogens is 179 g/mol. The van der Waals surface area contributed by atoms with Gasteiger partial charge in [0.05, 0.1) is 5.69 Å². The molecule has 0 amide bonds. The average molecular weight is 194 g/mol. The van der Waals surface area contributed by atoms with Gasteiger partial charge in [0.1, 0.15) is 5.82 Å². The Hall–Kier alpha value is -1.09. The molecule has 1 atom stereocenters. The van der Waals surface area contributed by atoms with Crippen molar-refractivity contribution in [3.05, 3.63) is 29.6 Å². The van der Waals surface area contributed by atoms with Gasteiger partial charge >= 0.3 is 0 Å². The van der Waals surface area contributed by atoms with Crippen molar-refractivity contribution < 1.29 is 4.39 Å². The van der Waals surface area contributed by atoms with Gasteiger partial charge < -0.3 is 10.6 Å². The van der Waals surface area contributed by atoms with Crippen LogP contribution >= 0.6 is 0 Å². The molecule has 1 aromatic rings. The van der Waals surface area contributed by atoms with Gasteiger partial charge in [-0.2, -0.15) is 0 Å². The smallest absolute Gasteiger partial charge is 0.146 e. The van der Waals surface area contributed by atoms with Crippen LogP contribution in [0.25, 0.3) is 0 Å². The van der Waals surface area contributed by atoms with Crippen LogP contribution < -0.4 is 10.6 Å². The lowest BCUT2D eigenvalue weighted by Gasteiger charge is -2.12. The fraction of sp³-hybridized carbons (Fsp3) is 0.455. The van der Waals surface area contributed by atoms with Crippen LogP contribution in [-0.4, -0.2) is 20.1 Å². The first-order valence-corrected chi connectivity index (χ1v) is 4.93. The molecule has 14 heavy (non-hydrogen) atoms. The van der Waals surface area contributed by atoms with Gasteiger partial charge in [0.15, 0.2) is 0 Å². The molecule has 76 valence electrons. The summed E-state index contributed by atoms with van der Waals surface area (Å²) in [5.74, 6) is 0.278. The van der Waals surface area contributed by atoms with Crippen molar-refractivity contribution in [1.82, 2.24) is 0 Å². The Morgan fingerprint density at radius 3 is 3.07 bits per heavy atom. The molecule has 0 aliphatic carbocycles. The second-order valence-electron chi connectivity index (χ2n) is 3.83. The number of para-hydroxylation sites is 1. The molecule has 0 saturated heterocycles. The second kappa shape index (κ2) is 3.58. The number of nitrogens with zero attached hydrogens (tertiary/aromatic N) is 1. The number of hydrogen-bond donors (Lipinski definition) is 1. The third kappa shape index (κ3) is 1.38. The zero-order valence-corrected chi connectivity index (χ0v) is 8.33. The molecule has 2 nitrogen and oxygen atoms in total. The molecule has 1 aliphatic heterocycles. The van der Waals surface area contributed by atoms with Crippen LogP contribution in [0.1, 0.15) is 17.9 Å². The molecule has 1 aliphatic rings. The lowest BCUT2D eigenvalue weighted by molar-refractivity contribution is 0.626. The van der Waals surface area contributed by atoms with Crippen molar-refractivity contribution >= 4 is 5.69 Å². The molecule has 2 rings (SSSR count). The lowest BCUT2D eigenvalue weighted by Crippen LogP contribution is -2.17.